The van der Waals surface area contributed by atoms with Crippen molar-refractivity contribution in [1.82, 2.24) is 0 Å². The third-order valence-electron chi connectivity index (χ3n) is 5.95. The van der Waals surface area contributed by atoms with Gasteiger partial charge in [-0.1, -0.05) is 0 Å². The fourth-order valence-electron chi connectivity index (χ4n) is 5.29. The molecule has 0 radical (unpaired) electrons. The Labute approximate surface area is 327 Å². The van der Waals surface area contributed by atoms with Crippen LogP contribution in [0.25, 0.3) is 0 Å². The van der Waals surface area contributed by atoms with Gasteiger partial charge in [-0.2, -0.15) is 0 Å². The van der Waals surface area contributed by atoms with Gasteiger partial charge in [0, 0.05) is 0 Å². The maximum absolute atomic E-state index is 15.1. The molecule has 0 bridgehead atoms. The van der Waals surface area contributed by atoms with E-state index < -0.39 is 119 Å². The fourth-order valence-corrected chi connectivity index (χ4v) is 23.1. The Bertz CT molecular complexity index is 1080. The third-order valence-corrected chi connectivity index (χ3v) is 23.2. The second kappa shape index (κ2) is 17.6. The number of hydrogen-bond acceptors (Lipinski definition) is 12. The molecule has 0 saturated heterocycles. The quantitative estimate of drug-likeness (QED) is 0.0852. The molecular formula is C30H78O12P2Si8. The van der Waals surface area contributed by atoms with E-state index >= 15 is 9.13 Å². The molecule has 52 heavy (non-hydrogen) atoms. The van der Waals surface area contributed by atoms with E-state index in [1.165, 1.54) is 0 Å². The SMILES string of the molecule is C[Si](C)(C)O[C@@H]1C(OP(=O)(O[Si](C)(C)C)O[Si](C)(C)C)[C@@H](O[Si](C)(C)C)[C@@H](O[Si](C)(C)C)C(OP(=O)(O[Si](C)(C)C)O[Si](C)(C)C)[C@H]1O[Si](C)(C)C. The normalized spacial score (nSPS) is 25.5. The van der Waals surface area contributed by atoms with Gasteiger partial charge in [0.1, 0.15) is 36.6 Å². The standard InChI is InChI=1S/C30H78O12P2Si8/c1-45(2,3)35-27-25(33-43(31,39-49(13,14)15)40-50(16,17)18)29(37-47(7,8)9)30(38-48(10,11)12)26(28(27)36-46(4,5)6)34-44(32,41-51(19,20)21)42-52(22,23)24/h25-30H,1-24H3/t25?,26?,27-,28-,29-,30+/m1/s1. The van der Waals surface area contributed by atoms with Crippen LogP contribution in [0.2, 0.25) is 157 Å². The highest BCUT2D eigenvalue weighted by Crippen LogP contribution is 2.60. The summed E-state index contributed by atoms with van der Waals surface area (Å²) in [5.41, 5.74) is 0. The van der Waals surface area contributed by atoms with Gasteiger partial charge in [0.2, 0.25) is 0 Å². The fraction of sp³-hybridized carbons (Fsp3) is 1.00. The molecule has 12 nitrogen and oxygen atoms in total. The highest BCUT2D eigenvalue weighted by Gasteiger charge is 2.61. The molecule has 0 heterocycles. The van der Waals surface area contributed by atoms with Crippen molar-refractivity contribution in [2.24, 2.45) is 0 Å². The summed E-state index contributed by atoms with van der Waals surface area (Å²) in [6, 6.07) is 0. The van der Waals surface area contributed by atoms with Crippen LogP contribution in [0.3, 0.4) is 0 Å². The molecule has 1 fully saturated rings. The predicted octanol–water partition coefficient (Wildman–Crippen LogP) is 11.3. The van der Waals surface area contributed by atoms with E-state index in [1.807, 2.05) is 78.6 Å². The van der Waals surface area contributed by atoms with Crippen molar-refractivity contribution in [1.29, 1.82) is 0 Å². The Kier molecular flexibility index (Phi) is 17.5. The molecular weight excluding hydrogens is 839 g/mol. The minimum Gasteiger partial charge on any atom is -0.409 e. The second-order valence-electron chi connectivity index (χ2n) is 21.6. The van der Waals surface area contributed by atoms with Crippen molar-refractivity contribution in [3.8, 4) is 0 Å². The van der Waals surface area contributed by atoms with E-state index in [0.29, 0.717) is 0 Å². The molecule has 0 aliphatic heterocycles. The summed E-state index contributed by atoms with van der Waals surface area (Å²) < 4.78 is 97.7. The largest absolute Gasteiger partial charge is 0.455 e. The molecule has 312 valence electrons. The van der Waals surface area contributed by atoms with Gasteiger partial charge in [0.05, 0.1) is 0 Å². The summed E-state index contributed by atoms with van der Waals surface area (Å²) in [7, 11) is -28.3. The van der Waals surface area contributed by atoms with E-state index in [2.05, 4.69) is 78.6 Å². The van der Waals surface area contributed by atoms with E-state index in [-0.39, 0.29) is 0 Å². The van der Waals surface area contributed by atoms with Gasteiger partial charge in [-0.05, 0) is 157 Å². The molecule has 0 amide bonds. The zero-order valence-corrected chi connectivity index (χ0v) is 47.0. The van der Waals surface area contributed by atoms with Crippen LogP contribution in [0.15, 0.2) is 0 Å². The molecule has 0 aromatic rings. The summed E-state index contributed by atoms with van der Waals surface area (Å²) in [5, 5.41) is 0. The van der Waals surface area contributed by atoms with Crippen LogP contribution in [0.1, 0.15) is 0 Å². The summed E-state index contributed by atoms with van der Waals surface area (Å²) in [6.07, 6.45) is -5.67. The predicted molar refractivity (Wildman–Crippen MR) is 236 cm³/mol. The molecule has 0 N–H and O–H groups in total. The first-order valence-corrected chi connectivity index (χ1v) is 48.7. The van der Waals surface area contributed by atoms with E-state index in [0.717, 1.165) is 0 Å². The topological polar surface area (TPSA) is 126 Å². The maximum Gasteiger partial charge on any atom is 0.455 e. The van der Waals surface area contributed by atoms with E-state index in [1.54, 1.807) is 0 Å². The van der Waals surface area contributed by atoms with E-state index in [9.17, 15) is 0 Å². The Hall–Kier alpha value is 1.80. The molecule has 2 unspecified atom stereocenters. The molecule has 6 atom stereocenters. The number of rotatable bonds is 20. The monoisotopic (exact) mass is 916 g/mol. The molecule has 1 aliphatic rings. The van der Waals surface area contributed by atoms with Gasteiger partial charge in [-0.15, -0.1) is 0 Å². The highest BCUT2D eigenvalue weighted by molar-refractivity contribution is 7.52. The molecule has 0 spiro atoms. The lowest BCUT2D eigenvalue weighted by Gasteiger charge is -2.55. The summed E-state index contributed by atoms with van der Waals surface area (Å²) >= 11 is 0. The van der Waals surface area contributed by atoms with Crippen LogP contribution in [0.5, 0.6) is 0 Å². The van der Waals surface area contributed by atoms with Crippen molar-refractivity contribution in [3.63, 3.8) is 0 Å². The van der Waals surface area contributed by atoms with Crippen LogP contribution in [-0.4, -0.2) is 103 Å². The molecule has 1 saturated carbocycles. The number of phosphoric acid groups is 2. The average Bonchev–Trinajstić information content (AvgIpc) is 2.72. The molecule has 0 aromatic carbocycles. The lowest BCUT2D eigenvalue weighted by molar-refractivity contribution is -0.197. The number of hydrogen-bond donors (Lipinski definition) is 0. The molecule has 1 aliphatic carbocycles. The van der Waals surface area contributed by atoms with Crippen LogP contribution >= 0.6 is 15.6 Å². The minimum atomic E-state index is -4.24. The van der Waals surface area contributed by atoms with Crippen molar-refractivity contribution >= 4 is 82.2 Å². The lowest BCUT2D eigenvalue weighted by atomic mass is 9.85. The minimum absolute atomic E-state index is 0.901. The van der Waals surface area contributed by atoms with Crippen molar-refractivity contribution in [2.75, 3.05) is 0 Å². The van der Waals surface area contributed by atoms with E-state index in [4.69, 9.17) is 43.6 Å². The van der Waals surface area contributed by atoms with Gasteiger partial charge in [-0.3, -0.25) is 9.05 Å². The van der Waals surface area contributed by atoms with Crippen molar-refractivity contribution < 1.29 is 52.7 Å². The molecule has 0 aromatic heterocycles. The van der Waals surface area contributed by atoms with Crippen LogP contribution < -0.4 is 0 Å². The first-order chi connectivity index (χ1) is 22.4. The van der Waals surface area contributed by atoms with Gasteiger partial charge in [0.25, 0.3) is 0 Å². The Morgan fingerprint density at radius 3 is 0.538 bits per heavy atom. The Morgan fingerprint density at radius 1 is 0.269 bits per heavy atom. The van der Waals surface area contributed by atoms with Crippen LogP contribution in [-0.2, 0) is 52.7 Å². The van der Waals surface area contributed by atoms with Gasteiger partial charge in [0.15, 0.2) is 66.5 Å². The summed E-state index contributed by atoms with van der Waals surface area (Å²) in [4.78, 5) is 0. The summed E-state index contributed by atoms with van der Waals surface area (Å²) in [6.45, 7) is 48.4. The third kappa shape index (κ3) is 21.0. The van der Waals surface area contributed by atoms with Gasteiger partial charge >= 0.3 is 15.6 Å². The zero-order valence-electron chi connectivity index (χ0n) is 37.3. The molecule has 1 rings (SSSR count). The van der Waals surface area contributed by atoms with Gasteiger partial charge in [-0.25, -0.2) is 9.13 Å². The summed E-state index contributed by atoms with van der Waals surface area (Å²) in [5.74, 6) is 0. The second-order valence-corrected chi connectivity index (χ2v) is 61.5. The van der Waals surface area contributed by atoms with Crippen LogP contribution in [0.4, 0.5) is 0 Å². The first-order valence-electron chi connectivity index (χ1n) is 18.5. The lowest BCUT2D eigenvalue weighted by Crippen LogP contribution is -2.71. The molecule has 22 heteroatoms. The first kappa shape index (κ1) is 51.8. The zero-order chi connectivity index (χ0) is 41.5. The van der Waals surface area contributed by atoms with Crippen molar-refractivity contribution in [2.45, 2.75) is 194 Å². The van der Waals surface area contributed by atoms with Crippen LogP contribution in [0, 0.1) is 0 Å². The Balaban J connectivity index is 4.46. The Morgan fingerprint density at radius 2 is 0.423 bits per heavy atom. The average molecular weight is 918 g/mol. The smallest absolute Gasteiger partial charge is 0.409 e. The van der Waals surface area contributed by atoms with Gasteiger partial charge < -0.3 is 34.6 Å². The maximum atomic E-state index is 15.1. The highest BCUT2D eigenvalue weighted by atomic mass is 31.2. The van der Waals surface area contributed by atoms with Crippen molar-refractivity contribution in [3.05, 3.63) is 0 Å².